The van der Waals surface area contributed by atoms with Gasteiger partial charge in [-0.05, 0) is 18.1 Å². The van der Waals surface area contributed by atoms with Crippen LogP contribution in [-0.4, -0.2) is 4.92 Å². The molecule has 2 rings (SSSR count). The lowest BCUT2D eigenvalue weighted by atomic mass is 10.0. The summed E-state index contributed by atoms with van der Waals surface area (Å²) in [5.74, 6) is 0. The van der Waals surface area contributed by atoms with Gasteiger partial charge < -0.3 is 0 Å². The van der Waals surface area contributed by atoms with Crippen LogP contribution in [-0.2, 0) is 0 Å². The number of aryl methyl sites for hydroxylation is 1. The normalized spacial score (nSPS) is 10.2. The van der Waals surface area contributed by atoms with Crippen LogP contribution in [0.15, 0.2) is 48.5 Å². The molecule has 1 radical (unpaired) electrons. The van der Waals surface area contributed by atoms with Gasteiger partial charge in [0.15, 0.2) is 0 Å². The predicted octanol–water partition coefficient (Wildman–Crippen LogP) is 3.50. The summed E-state index contributed by atoms with van der Waals surface area (Å²) in [5, 5.41) is 10.6. The number of nitro groups is 1. The van der Waals surface area contributed by atoms with E-state index in [2.05, 4.69) is 0 Å². The third-order valence-corrected chi connectivity index (χ3v) is 2.49. The summed E-state index contributed by atoms with van der Waals surface area (Å²) in [4.78, 5) is 10.3. The minimum Gasteiger partial charge on any atom is -0.258 e. The van der Waals surface area contributed by atoms with Crippen molar-refractivity contribution in [1.82, 2.24) is 0 Å². The smallest absolute Gasteiger partial charge is 0.258 e. The van der Waals surface area contributed by atoms with Crippen molar-refractivity contribution in [3.8, 4) is 0 Å². The van der Waals surface area contributed by atoms with Gasteiger partial charge in [0.1, 0.15) is 0 Å². The van der Waals surface area contributed by atoms with Gasteiger partial charge in [0.25, 0.3) is 5.69 Å². The largest absolute Gasteiger partial charge is 0.269 e. The highest BCUT2D eigenvalue weighted by atomic mass is 16.6. The molecule has 0 unspecified atom stereocenters. The molecule has 0 aliphatic rings. The van der Waals surface area contributed by atoms with E-state index in [1.165, 1.54) is 11.6 Å². The summed E-state index contributed by atoms with van der Waals surface area (Å²) in [6, 6.07) is 14.6. The van der Waals surface area contributed by atoms with Crippen LogP contribution in [0.4, 0.5) is 5.69 Å². The number of hydrogen-bond acceptors (Lipinski definition) is 2. The molecule has 2 aromatic rings. The summed E-state index contributed by atoms with van der Waals surface area (Å²) in [6.45, 7) is 2.02. The van der Waals surface area contributed by atoms with Gasteiger partial charge in [-0.3, -0.25) is 10.1 Å². The summed E-state index contributed by atoms with van der Waals surface area (Å²) in [6.07, 6.45) is 1.92. The van der Waals surface area contributed by atoms with Gasteiger partial charge in [0, 0.05) is 18.6 Å². The molecule has 0 N–H and O–H groups in total. The Morgan fingerprint density at radius 1 is 1.06 bits per heavy atom. The maximum Gasteiger partial charge on any atom is 0.269 e. The van der Waals surface area contributed by atoms with Crippen molar-refractivity contribution < 1.29 is 4.92 Å². The lowest BCUT2D eigenvalue weighted by molar-refractivity contribution is -0.384. The fourth-order valence-corrected chi connectivity index (χ4v) is 1.58. The molecule has 0 bridgehead atoms. The van der Waals surface area contributed by atoms with Crippen molar-refractivity contribution in [3.63, 3.8) is 0 Å². The maximum absolute atomic E-state index is 10.6. The summed E-state index contributed by atoms with van der Waals surface area (Å²) in [5.41, 5.74) is 3.19. The van der Waals surface area contributed by atoms with Crippen molar-refractivity contribution in [3.05, 3.63) is 81.8 Å². The highest BCUT2D eigenvalue weighted by Crippen LogP contribution is 2.18. The van der Waals surface area contributed by atoms with Crippen LogP contribution in [0.2, 0.25) is 0 Å². The van der Waals surface area contributed by atoms with Gasteiger partial charge in [-0.25, -0.2) is 0 Å². The Kier molecular flexibility index (Phi) is 3.19. The Hall–Kier alpha value is -2.16. The van der Waals surface area contributed by atoms with E-state index in [1.807, 2.05) is 43.7 Å². The number of nitrogens with zero attached hydrogens (tertiary/aromatic N) is 1. The van der Waals surface area contributed by atoms with Crippen molar-refractivity contribution >= 4 is 5.69 Å². The molecule has 3 nitrogen and oxygen atoms in total. The molecule has 0 amide bonds. The van der Waals surface area contributed by atoms with Crippen molar-refractivity contribution in [1.29, 1.82) is 0 Å². The SMILES string of the molecule is Cc1ccc([CH]c2cccc([N+](=O)[O-])c2)cc1. The molecule has 0 aromatic heterocycles. The molecule has 0 saturated heterocycles. The highest BCUT2D eigenvalue weighted by Gasteiger charge is 2.06. The van der Waals surface area contributed by atoms with Crippen LogP contribution in [0.3, 0.4) is 0 Å². The number of nitro benzene ring substituents is 1. The third kappa shape index (κ3) is 2.91. The second kappa shape index (κ2) is 4.78. The topological polar surface area (TPSA) is 43.1 Å². The maximum atomic E-state index is 10.6. The molecule has 0 fully saturated rings. The summed E-state index contributed by atoms with van der Waals surface area (Å²) in [7, 11) is 0. The summed E-state index contributed by atoms with van der Waals surface area (Å²) >= 11 is 0. The molecule has 85 valence electrons. The van der Waals surface area contributed by atoms with Crippen LogP contribution in [0.25, 0.3) is 0 Å². The van der Waals surface area contributed by atoms with Crippen molar-refractivity contribution in [2.24, 2.45) is 0 Å². The van der Waals surface area contributed by atoms with Gasteiger partial charge in [-0.15, -0.1) is 0 Å². The first-order chi connectivity index (χ1) is 8.15. The molecule has 2 aromatic carbocycles. The third-order valence-electron chi connectivity index (χ3n) is 2.49. The van der Waals surface area contributed by atoms with E-state index in [4.69, 9.17) is 0 Å². The monoisotopic (exact) mass is 226 g/mol. The van der Waals surface area contributed by atoms with Gasteiger partial charge >= 0.3 is 0 Å². The van der Waals surface area contributed by atoms with Crippen LogP contribution >= 0.6 is 0 Å². The summed E-state index contributed by atoms with van der Waals surface area (Å²) < 4.78 is 0. The van der Waals surface area contributed by atoms with Gasteiger partial charge in [0.05, 0.1) is 4.92 Å². The molecule has 17 heavy (non-hydrogen) atoms. The molecule has 0 atom stereocenters. The number of benzene rings is 2. The lowest BCUT2D eigenvalue weighted by Gasteiger charge is -2.02. The molecular formula is C14H12NO2. The van der Waals surface area contributed by atoms with E-state index in [0.717, 1.165) is 11.1 Å². The lowest BCUT2D eigenvalue weighted by Crippen LogP contribution is -1.90. The predicted molar refractivity (Wildman–Crippen MR) is 66.8 cm³/mol. The van der Waals surface area contributed by atoms with E-state index in [0.29, 0.717) is 0 Å². The zero-order chi connectivity index (χ0) is 12.3. The first kappa shape index (κ1) is 11.3. The Bertz CT molecular complexity index is 532. The van der Waals surface area contributed by atoms with E-state index in [9.17, 15) is 10.1 Å². The van der Waals surface area contributed by atoms with E-state index in [1.54, 1.807) is 12.1 Å². The highest BCUT2D eigenvalue weighted by molar-refractivity contribution is 5.43. The van der Waals surface area contributed by atoms with E-state index in [-0.39, 0.29) is 10.6 Å². The molecule has 0 saturated carbocycles. The average Bonchev–Trinajstić information content (AvgIpc) is 2.32. The van der Waals surface area contributed by atoms with E-state index >= 15 is 0 Å². The van der Waals surface area contributed by atoms with E-state index < -0.39 is 0 Å². The number of non-ortho nitro benzene ring substituents is 1. The van der Waals surface area contributed by atoms with Crippen LogP contribution in [0, 0.1) is 23.5 Å². The fraction of sp³-hybridized carbons (Fsp3) is 0.0714. The van der Waals surface area contributed by atoms with Gasteiger partial charge in [0.2, 0.25) is 0 Å². The minimum atomic E-state index is -0.382. The fourth-order valence-electron chi connectivity index (χ4n) is 1.58. The molecular weight excluding hydrogens is 214 g/mol. The van der Waals surface area contributed by atoms with Crippen LogP contribution in [0.1, 0.15) is 16.7 Å². The number of hydrogen-bond donors (Lipinski definition) is 0. The Labute approximate surface area is 99.9 Å². The second-order valence-corrected chi connectivity index (χ2v) is 3.91. The zero-order valence-electron chi connectivity index (χ0n) is 9.46. The quantitative estimate of drug-likeness (QED) is 0.593. The molecule has 0 aliphatic carbocycles. The number of rotatable bonds is 3. The standard InChI is InChI=1S/C14H12NO2/c1-11-5-7-12(8-6-11)9-13-3-2-4-14(10-13)15(16)17/h2-10H,1H3. The van der Waals surface area contributed by atoms with Gasteiger partial charge in [-0.2, -0.15) is 0 Å². The molecule has 0 spiro atoms. The Balaban J connectivity index is 2.21. The van der Waals surface area contributed by atoms with Crippen molar-refractivity contribution in [2.45, 2.75) is 6.92 Å². The van der Waals surface area contributed by atoms with Crippen molar-refractivity contribution in [2.75, 3.05) is 0 Å². The first-order valence-corrected chi connectivity index (χ1v) is 5.31. The first-order valence-electron chi connectivity index (χ1n) is 5.31. The Morgan fingerprint density at radius 3 is 2.41 bits per heavy atom. The van der Waals surface area contributed by atoms with Crippen LogP contribution < -0.4 is 0 Å². The average molecular weight is 226 g/mol. The van der Waals surface area contributed by atoms with Gasteiger partial charge in [-0.1, -0.05) is 42.0 Å². The Morgan fingerprint density at radius 2 is 1.76 bits per heavy atom. The molecule has 0 aliphatic heterocycles. The second-order valence-electron chi connectivity index (χ2n) is 3.91. The molecule has 0 heterocycles. The molecule has 3 heteroatoms. The zero-order valence-corrected chi connectivity index (χ0v) is 9.46. The van der Waals surface area contributed by atoms with Crippen LogP contribution in [0.5, 0.6) is 0 Å². The minimum absolute atomic E-state index is 0.117.